The van der Waals surface area contributed by atoms with Gasteiger partial charge in [-0.3, -0.25) is 4.90 Å². The molecule has 218 valence electrons. The standard InChI is InChI=1S/C33H36N4O5/c1-33(2,3)42-31(38)36-18-19-37(32(39)41-22-23-10-6-5-7-11-23)29(21-36)28-16-15-27(34-35-28)26-20-25-13-9-8-12-24(25)14-17-30(26)40-4/h5-8,10-12,14-16,20,29H,9,13,18-19,21-22H2,1-4H3/t29-/m0/s1. The van der Waals surface area contributed by atoms with Gasteiger partial charge >= 0.3 is 12.2 Å². The van der Waals surface area contributed by atoms with Crippen molar-refractivity contribution in [2.24, 2.45) is 0 Å². The summed E-state index contributed by atoms with van der Waals surface area (Å²) < 4.78 is 16.9. The second kappa shape index (κ2) is 12.5. The molecule has 1 aromatic heterocycles. The molecule has 2 heterocycles. The van der Waals surface area contributed by atoms with Crippen LogP contribution in [0.2, 0.25) is 0 Å². The lowest BCUT2D eigenvalue weighted by Gasteiger charge is -2.40. The number of aromatic nitrogens is 2. The van der Waals surface area contributed by atoms with Crippen molar-refractivity contribution in [1.82, 2.24) is 20.0 Å². The van der Waals surface area contributed by atoms with Crippen molar-refractivity contribution in [2.75, 3.05) is 26.7 Å². The van der Waals surface area contributed by atoms with E-state index in [0.717, 1.165) is 29.6 Å². The van der Waals surface area contributed by atoms with Crippen LogP contribution in [0.15, 0.2) is 89.4 Å². The molecule has 0 unspecified atom stereocenters. The smallest absolute Gasteiger partial charge is 0.410 e. The molecule has 2 aliphatic carbocycles. The second-order valence-electron chi connectivity index (χ2n) is 11.3. The lowest BCUT2D eigenvalue weighted by molar-refractivity contribution is 0.000210. The Morgan fingerprint density at radius 3 is 2.57 bits per heavy atom. The maximum atomic E-state index is 13.3. The minimum absolute atomic E-state index is 0.143. The molecule has 1 atom stereocenters. The minimum Gasteiger partial charge on any atom is -0.489 e. The minimum atomic E-state index is -0.642. The molecule has 5 rings (SSSR count). The molecule has 9 heteroatoms. The van der Waals surface area contributed by atoms with Gasteiger partial charge in [-0.25, -0.2) is 9.59 Å². The Hall–Kier alpha value is -4.62. The summed E-state index contributed by atoms with van der Waals surface area (Å²) in [6.45, 7) is 6.39. The first-order valence-electron chi connectivity index (χ1n) is 14.1. The average Bonchev–Trinajstić information content (AvgIpc) is 3.19. The van der Waals surface area contributed by atoms with Crippen LogP contribution in [-0.2, 0) is 20.8 Å². The zero-order valence-corrected chi connectivity index (χ0v) is 24.5. The highest BCUT2D eigenvalue weighted by molar-refractivity contribution is 5.78. The first-order valence-corrected chi connectivity index (χ1v) is 14.1. The van der Waals surface area contributed by atoms with E-state index in [4.69, 9.17) is 14.2 Å². The van der Waals surface area contributed by atoms with Crippen molar-refractivity contribution in [3.8, 4) is 0 Å². The van der Waals surface area contributed by atoms with E-state index < -0.39 is 23.8 Å². The van der Waals surface area contributed by atoms with Crippen LogP contribution in [0.5, 0.6) is 0 Å². The lowest BCUT2D eigenvalue weighted by atomic mass is 9.96. The lowest BCUT2D eigenvalue weighted by Crippen LogP contribution is -2.53. The van der Waals surface area contributed by atoms with Crippen LogP contribution in [0.4, 0.5) is 9.59 Å². The fraction of sp³-hybridized carbons (Fsp3) is 0.364. The Bertz CT molecular complexity index is 1480. The summed E-state index contributed by atoms with van der Waals surface area (Å²) in [5.74, 6) is 0.569. The van der Waals surface area contributed by atoms with Gasteiger partial charge in [0.1, 0.15) is 12.2 Å². The third-order valence-electron chi connectivity index (χ3n) is 7.15. The van der Waals surface area contributed by atoms with Crippen molar-refractivity contribution in [3.63, 3.8) is 0 Å². The van der Waals surface area contributed by atoms with Crippen LogP contribution in [0.1, 0.15) is 56.6 Å². The summed E-state index contributed by atoms with van der Waals surface area (Å²) in [4.78, 5) is 29.4. The molecule has 9 nitrogen and oxygen atoms in total. The molecule has 0 spiro atoms. The fourth-order valence-electron chi connectivity index (χ4n) is 5.03. The van der Waals surface area contributed by atoms with Gasteiger partial charge in [0.15, 0.2) is 5.76 Å². The maximum absolute atomic E-state index is 13.3. The molecule has 0 N–H and O–H groups in total. The summed E-state index contributed by atoms with van der Waals surface area (Å²) in [6, 6.07) is 12.6. The number of nitrogens with zero attached hydrogens (tertiary/aromatic N) is 4. The maximum Gasteiger partial charge on any atom is 0.410 e. The van der Waals surface area contributed by atoms with Gasteiger partial charge in [-0.15, -0.1) is 0 Å². The molecule has 2 aromatic rings. The number of carbonyl (C=O) groups is 2. The fourth-order valence-corrected chi connectivity index (χ4v) is 5.03. The van der Waals surface area contributed by atoms with Crippen molar-refractivity contribution in [2.45, 2.75) is 51.9 Å². The number of benzene rings is 1. The molecular formula is C33H36N4O5. The third-order valence-corrected chi connectivity index (χ3v) is 7.15. The Kier molecular flexibility index (Phi) is 8.59. The number of hydrogen-bond acceptors (Lipinski definition) is 7. The highest BCUT2D eigenvalue weighted by Crippen LogP contribution is 2.32. The molecule has 0 bridgehead atoms. The number of carbonyl (C=O) groups excluding carboxylic acids is 2. The van der Waals surface area contributed by atoms with Gasteiger partial charge in [0.2, 0.25) is 0 Å². The van der Waals surface area contributed by atoms with E-state index in [9.17, 15) is 9.59 Å². The molecule has 1 aromatic carbocycles. The number of amides is 2. The number of piperazine rings is 1. The molecule has 1 saturated heterocycles. The van der Waals surface area contributed by atoms with E-state index in [1.807, 2.05) is 69.3 Å². The van der Waals surface area contributed by atoms with Gasteiger partial charge in [-0.05, 0) is 74.6 Å². The van der Waals surface area contributed by atoms with Crippen molar-refractivity contribution < 1.29 is 23.8 Å². The Balaban J connectivity index is 1.41. The topological polar surface area (TPSA) is 94.1 Å². The highest BCUT2D eigenvalue weighted by atomic mass is 16.6. The molecule has 1 fully saturated rings. The first kappa shape index (κ1) is 28.9. The van der Waals surface area contributed by atoms with Crippen molar-refractivity contribution >= 4 is 17.8 Å². The van der Waals surface area contributed by atoms with E-state index in [0.29, 0.717) is 23.7 Å². The van der Waals surface area contributed by atoms with Crippen LogP contribution in [0.25, 0.3) is 5.57 Å². The van der Waals surface area contributed by atoms with Crippen molar-refractivity contribution in [1.29, 1.82) is 0 Å². The molecule has 0 radical (unpaired) electrons. The molecular weight excluding hydrogens is 532 g/mol. The Morgan fingerprint density at radius 2 is 1.86 bits per heavy atom. The summed E-state index contributed by atoms with van der Waals surface area (Å²) in [7, 11) is 1.61. The van der Waals surface area contributed by atoms with Gasteiger partial charge in [0, 0.05) is 13.1 Å². The molecule has 42 heavy (non-hydrogen) atoms. The zero-order chi connectivity index (χ0) is 29.7. The van der Waals surface area contributed by atoms with Gasteiger partial charge in [0.25, 0.3) is 0 Å². The van der Waals surface area contributed by atoms with Crippen LogP contribution in [-0.4, -0.2) is 64.5 Å². The van der Waals surface area contributed by atoms with Crippen molar-refractivity contribution in [3.05, 3.63) is 106 Å². The number of methoxy groups -OCH3 is 1. The molecule has 1 aliphatic heterocycles. The monoisotopic (exact) mass is 568 g/mol. The van der Waals surface area contributed by atoms with E-state index in [1.54, 1.807) is 16.9 Å². The quantitative estimate of drug-likeness (QED) is 0.400. The van der Waals surface area contributed by atoms with E-state index in [1.165, 1.54) is 5.57 Å². The van der Waals surface area contributed by atoms with Gasteiger partial charge in [0.05, 0.1) is 36.7 Å². The highest BCUT2D eigenvalue weighted by Gasteiger charge is 2.37. The Morgan fingerprint density at radius 1 is 1.05 bits per heavy atom. The molecule has 3 aliphatic rings. The predicted molar refractivity (Wildman–Crippen MR) is 158 cm³/mol. The summed E-state index contributed by atoms with van der Waals surface area (Å²) >= 11 is 0. The number of ether oxygens (including phenoxy) is 3. The number of hydrogen-bond donors (Lipinski definition) is 0. The predicted octanol–water partition coefficient (Wildman–Crippen LogP) is 6.14. The van der Waals surface area contributed by atoms with Crippen LogP contribution >= 0.6 is 0 Å². The van der Waals surface area contributed by atoms with Gasteiger partial charge in [-0.1, -0.05) is 48.2 Å². The zero-order valence-electron chi connectivity index (χ0n) is 24.5. The first-order chi connectivity index (χ1) is 20.2. The van der Waals surface area contributed by atoms with E-state index >= 15 is 0 Å². The van der Waals surface area contributed by atoms with Crippen LogP contribution in [0, 0.1) is 0 Å². The van der Waals surface area contributed by atoms with E-state index in [-0.39, 0.29) is 19.7 Å². The molecule has 2 amide bonds. The van der Waals surface area contributed by atoms with Crippen LogP contribution in [0.3, 0.4) is 0 Å². The summed E-state index contributed by atoms with van der Waals surface area (Å²) in [5.41, 5.74) is 7.72. The summed E-state index contributed by atoms with van der Waals surface area (Å²) in [6.07, 6.45) is 9.22. The van der Waals surface area contributed by atoms with Crippen LogP contribution < -0.4 is 0 Å². The SMILES string of the molecule is COC1=C=CC2=C(C=C1c1ccc([C@@H]3CN(C(=O)OC(C)(C)C)CCN3C(=O)OCc3ccccc3)nn1)CCC=C2. The largest absolute Gasteiger partial charge is 0.489 e. The third kappa shape index (κ3) is 6.81. The average molecular weight is 569 g/mol. The molecule has 0 saturated carbocycles. The number of rotatable bonds is 5. The second-order valence-corrected chi connectivity index (χ2v) is 11.3. The summed E-state index contributed by atoms with van der Waals surface area (Å²) in [5, 5.41) is 9.09. The van der Waals surface area contributed by atoms with E-state index in [2.05, 4.69) is 34.2 Å². The van der Waals surface area contributed by atoms with Gasteiger partial charge < -0.3 is 19.1 Å². The number of allylic oxidation sites excluding steroid dienone is 6. The van der Waals surface area contributed by atoms with Gasteiger partial charge in [-0.2, -0.15) is 10.2 Å². The normalized spacial score (nSPS) is 18.5. The Labute approximate surface area is 246 Å².